The molecule has 1 N–H and O–H groups in total. The zero-order valence-electron chi connectivity index (χ0n) is 9.45. The van der Waals surface area contributed by atoms with Gasteiger partial charge in [-0.3, -0.25) is 4.90 Å². The highest BCUT2D eigenvalue weighted by Gasteiger charge is 2.37. The largest absolute Gasteiger partial charge is 0.391 e. The summed E-state index contributed by atoms with van der Waals surface area (Å²) in [6, 6.07) is 1.81. The van der Waals surface area contributed by atoms with E-state index < -0.39 is 0 Å². The SMILES string of the molecule is C[C@@H]1CCC[C@H](C)N1[C@H]1CCC[C@@H]1O. The lowest BCUT2D eigenvalue weighted by Gasteiger charge is -2.44. The van der Waals surface area contributed by atoms with Gasteiger partial charge in [0.05, 0.1) is 6.10 Å². The highest BCUT2D eigenvalue weighted by atomic mass is 16.3. The lowest BCUT2D eigenvalue weighted by atomic mass is 9.94. The standard InChI is InChI=1S/C12H23NO/c1-9-5-3-6-10(2)13(9)11-7-4-8-12(11)14/h9-12,14H,3-8H2,1-2H3/t9-,10+,11-,12-/m0/s1. The number of aliphatic hydroxyl groups excluding tert-OH is 1. The van der Waals surface area contributed by atoms with Crippen molar-refractivity contribution in [1.29, 1.82) is 0 Å². The fourth-order valence-corrected chi connectivity index (χ4v) is 3.36. The van der Waals surface area contributed by atoms with Gasteiger partial charge >= 0.3 is 0 Å². The maximum absolute atomic E-state index is 9.94. The molecule has 2 fully saturated rings. The average molecular weight is 197 g/mol. The second-order valence-corrected chi connectivity index (χ2v) is 5.14. The first-order chi connectivity index (χ1) is 6.70. The molecule has 0 aromatic carbocycles. The predicted octanol–water partition coefficient (Wildman–Crippen LogP) is 2.16. The molecule has 1 saturated carbocycles. The Bertz CT molecular complexity index is 185. The van der Waals surface area contributed by atoms with E-state index >= 15 is 0 Å². The van der Waals surface area contributed by atoms with Crippen LogP contribution in [0.2, 0.25) is 0 Å². The molecule has 2 rings (SSSR count). The van der Waals surface area contributed by atoms with Gasteiger partial charge in [0.25, 0.3) is 0 Å². The van der Waals surface area contributed by atoms with Gasteiger partial charge in [-0.2, -0.15) is 0 Å². The lowest BCUT2D eigenvalue weighted by molar-refractivity contribution is 0.0000602. The Labute approximate surface area is 87.3 Å². The summed E-state index contributed by atoms with van der Waals surface area (Å²) in [7, 11) is 0. The van der Waals surface area contributed by atoms with Crippen LogP contribution in [0.15, 0.2) is 0 Å². The van der Waals surface area contributed by atoms with E-state index in [2.05, 4.69) is 18.7 Å². The van der Waals surface area contributed by atoms with Crippen LogP contribution in [-0.4, -0.2) is 34.2 Å². The third kappa shape index (κ3) is 1.82. The number of piperidine rings is 1. The molecule has 1 aliphatic carbocycles. The molecule has 1 aliphatic heterocycles. The summed E-state index contributed by atoms with van der Waals surface area (Å²) in [4.78, 5) is 2.58. The second-order valence-electron chi connectivity index (χ2n) is 5.14. The minimum Gasteiger partial charge on any atom is -0.391 e. The molecule has 1 saturated heterocycles. The van der Waals surface area contributed by atoms with Crippen molar-refractivity contribution in [2.75, 3.05) is 0 Å². The minimum atomic E-state index is -0.0574. The Morgan fingerprint density at radius 3 is 2.00 bits per heavy atom. The summed E-state index contributed by atoms with van der Waals surface area (Å²) in [6.07, 6.45) is 7.36. The fraction of sp³-hybridized carbons (Fsp3) is 1.00. The van der Waals surface area contributed by atoms with E-state index in [4.69, 9.17) is 0 Å². The van der Waals surface area contributed by atoms with Crippen LogP contribution in [0.5, 0.6) is 0 Å². The monoisotopic (exact) mass is 197 g/mol. The summed E-state index contributed by atoms with van der Waals surface area (Å²) in [5.41, 5.74) is 0. The van der Waals surface area contributed by atoms with Crippen LogP contribution in [0, 0.1) is 0 Å². The molecule has 1 heterocycles. The molecule has 0 amide bonds. The molecule has 14 heavy (non-hydrogen) atoms. The molecule has 0 unspecified atom stereocenters. The van der Waals surface area contributed by atoms with Crippen LogP contribution in [0.4, 0.5) is 0 Å². The number of hydrogen-bond donors (Lipinski definition) is 1. The quantitative estimate of drug-likeness (QED) is 0.696. The van der Waals surface area contributed by atoms with Crippen LogP contribution in [0.3, 0.4) is 0 Å². The van der Waals surface area contributed by atoms with Crippen molar-refractivity contribution in [1.82, 2.24) is 4.90 Å². The van der Waals surface area contributed by atoms with Crippen molar-refractivity contribution in [2.45, 2.75) is 76.6 Å². The van der Waals surface area contributed by atoms with Crippen molar-refractivity contribution in [3.8, 4) is 0 Å². The first-order valence-corrected chi connectivity index (χ1v) is 6.15. The van der Waals surface area contributed by atoms with Gasteiger partial charge in [-0.15, -0.1) is 0 Å². The van der Waals surface area contributed by atoms with E-state index in [1.165, 1.54) is 32.1 Å². The summed E-state index contributed by atoms with van der Waals surface area (Å²) >= 11 is 0. The summed E-state index contributed by atoms with van der Waals surface area (Å²) in [6.45, 7) is 4.64. The Kier molecular flexibility index (Phi) is 3.13. The first-order valence-electron chi connectivity index (χ1n) is 6.15. The minimum absolute atomic E-state index is 0.0574. The van der Waals surface area contributed by atoms with E-state index in [9.17, 15) is 5.11 Å². The van der Waals surface area contributed by atoms with Gasteiger partial charge in [0.15, 0.2) is 0 Å². The van der Waals surface area contributed by atoms with Gasteiger partial charge in [-0.1, -0.05) is 6.42 Å². The Morgan fingerprint density at radius 1 is 0.929 bits per heavy atom. The second kappa shape index (κ2) is 4.19. The molecular formula is C12H23NO. The highest BCUT2D eigenvalue weighted by Crippen LogP contribution is 2.32. The van der Waals surface area contributed by atoms with Gasteiger partial charge in [-0.05, 0) is 46.0 Å². The predicted molar refractivity (Wildman–Crippen MR) is 58.3 cm³/mol. The van der Waals surface area contributed by atoms with Crippen LogP contribution < -0.4 is 0 Å². The molecule has 2 heteroatoms. The zero-order valence-corrected chi connectivity index (χ0v) is 9.45. The fourth-order valence-electron chi connectivity index (χ4n) is 3.36. The van der Waals surface area contributed by atoms with E-state index in [-0.39, 0.29) is 6.10 Å². The van der Waals surface area contributed by atoms with Crippen LogP contribution in [-0.2, 0) is 0 Å². The van der Waals surface area contributed by atoms with Crippen molar-refractivity contribution in [3.63, 3.8) is 0 Å². The van der Waals surface area contributed by atoms with Crippen molar-refractivity contribution in [2.24, 2.45) is 0 Å². The molecule has 2 nitrogen and oxygen atoms in total. The zero-order chi connectivity index (χ0) is 10.1. The number of hydrogen-bond acceptors (Lipinski definition) is 2. The van der Waals surface area contributed by atoms with Crippen LogP contribution >= 0.6 is 0 Å². The number of likely N-dealkylation sites (tertiary alicyclic amines) is 1. The smallest absolute Gasteiger partial charge is 0.0695 e. The van der Waals surface area contributed by atoms with Crippen molar-refractivity contribution in [3.05, 3.63) is 0 Å². The molecule has 0 aromatic rings. The molecule has 4 atom stereocenters. The molecule has 0 spiro atoms. The number of nitrogens with zero attached hydrogens (tertiary/aromatic N) is 1. The average Bonchev–Trinajstić information content (AvgIpc) is 2.52. The van der Waals surface area contributed by atoms with Gasteiger partial charge < -0.3 is 5.11 Å². The Hall–Kier alpha value is -0.0800. The topological polar surface area (TPSA) is 23.5 Å². The van der Waals surface area contributed by atoms with E-state index in [1.807, 2.05) is 0 Å². The Morgan fingerprint density at radius 2 is 1.50 bits per heavy atom. The van der Waals surface area contributed by atoms with E-state index in [1.54, 1.807) is 0 Å². The van der Waals surface area contributed by atoms with E-state index in [0.29, 0.717) is 18.1 Å². The molecule has 82 valence electrons. The molecule has 0 aromatic heterocycles. The van der Waals surface area contributed by atoms with Gasteiger partial charge in [-0.25, -0.2) is 0 Å². The maximum atomic E-state index is 9.94. The first kappa shape index (κ1) is 10.4. The molecular weight excluding hydrogens is 174 g/mol. The number of aliphatic hydroxyl groups is 1. The summed E-state index contributed by atoms with van der Waals surface area (Å²) < 4.78 is 0. The van der Waals surface area contributed by atoms with Crippen LogP contribution in [0.1, 0.15) is 52.4 Å². The maximum Gasteiger partial charge on any atom is 0.0695 e. The summed E-state index contributed by atoms with van der Waals surface area (Å²) in [5, 5.41) is 9.94. The third-order valence-corrected chi connectivity index (χ3v) is 4.09. The van der Waals surface area contributed by atoms with Gasteiger partial charge in [0, 0.05) is 18.1 Å². The number of rotatable bonds is 1. The molecule has 0 radical (unpaired) electrons. The molecule has 2 aliphatic rings. The van der Waals surface area contributed by atoms with Crippen molar-refractivity contribution < 1.29 is 5.11 Å². The Balaban J connectivity index is 2.05. The molecule has 0 bridgehead atoms. The van der Waals surface area contributed by atoms with Crippen LogP contribution in [0.25, 0.3) is 0 Å². The van der Waals surface area contributed by atoms with Gasteiger partial charge in [0.2, 0.25) is 0 Å². The highest BCUT2D eigenvalue weighted by molar-refractivity contribution is 4.92. The lowest BCUT2D eigenvalue weighted by Crippen LogP contribution is -2.52. The normalized spacial score (nSPS) is 45.6. The third-order valence-electron chi connectivity index (χ3n) is 4.09. The van der Waals surface area contributed by atoms with Crippen molar-refractivity contribution >= 4 is 0 Å². The van der Waals surface area contributed by atoms with Gasteiger partial charge in [0.1, 0.15) is 0 Å². The summed E-state index contributed by atoms with van der Waals surface area (Å²) in [5.74, 6) is 0. The van der Waals surface area contributed by atoms with E-state index in [0.717, 1.165) is 6.42 Å².